The molecule has 1 aliphatic rings. The normalized spacial score (nSPS) is 15.9. The number of imidazole rings is 1. The van der Waals surface area contributed by atoms with Crippen molar-refractivity contribution in [3.8, 4) is 22.6 Å². The summed E-state index contributed by atoms with van der Waals surface area (Å²) in [6, 6.07) is 22.3. The van der Waals surface area contributed by atoms with E-state index < -0.39 is 0 Å². The predicted molar refractivity (Wildman–Crippen MR) is 153 cm³/mol. The summed E-state index contributed by atoms with van der Waals surface area (Å²) in [7, 11) is 1.67. The number of hydrogen-bond acceptors (Lipinski definition) is 6. The lowest BCUT2D eigenvalue weighted by Crippen LogP contribution is -2.54. The number of hydrogen-bond donors (Lipinski definition) is 2. The van der Waals surface area contributed by atoms with Crippen LogP contribution in [0.5, 0.6) is 0 Å². The van der Waals surface area contributed by atoms with Gasteiger partial charge in [-0.3, -0.25) is 14.1 Å². The number of pyridine rings is 1. The average Bonchev–Trinajstić information content (AvgIpc) is 3.35. The van der Waals surface area contributed by atoms with Gasteiger partial charge in [-0.05, 0) is 66.9 Å². The molecule has 0 unspecified atom stereocenters. The molecule has 9 heteroatoms. The van der Waals surface area contributed by atoms with Crippen LogP contribution < -0.4 is 10.6 Å². The number of rotatable bonds is 8. The minimum Gasteiger partial charge on any atom is -0.358 e. The number of nitrogens with zero attached hydrogens (tertiary/aromatic N) is 5. The monoisotopic (exact) mass is 535 g/mol. The highest BCUT2D eigenvalue weighted by molar-refractivity contribution is 5.82. The highest BCUT2D eigenvalue weighted by Gasteiger charge is 2.33. The van der Waals surface area contributed by atoms with Crippen molar-refractivity contribution >= 4 is 17.5 Å². The molecule has 0 spiro atoms. The van der Waals surface area contributed by atoms with Crippen LogP contribution in [0.25, 0.3) is 28.3 Å². The number of aromatic nitrogens is 4. The van der Waals surface area contributed by atoms with E-state index in [0.29, 0.717) is 23.9 Å². The summed E-state index contributed by atoms with van der Waals surface area (Å²) >= 11 is 0. The Kier molecular flexibility index (Phi) is 6.96. The van der Waals surface area contributed by atoms with Crippen LogP contribution in [0.2, 0.25) is 0 Å². The number of carbonyl (C=O) groups excluding carboxylic acids is 1. The van der Waals surface area contributed by atoms with Crippen molar-refractivity contribution in [3.63, 3.8) is 0 Å². The average molecular weight is 536 g/mol. The van der Waals surface area contributed by atoms with E-state index in [4.69, 9.17) is 9.97 Å². The minimum atomic E-state index is -0.306. The lowest BCUT2D eigenvalue weighted by molar-refractivity contribution is -0.130. The van der Waals surface area contributed by atoms with Crippen molar-refractivity contribution in [1.29, 1.82) is 0 Å². The maximum absolute atomic E-state index is 13.8. The third kappa shape index (κ3) is 5.03. The predicted octanol–water partition coefficient (Wildman–Crippen LogP) is 5.09. The Morgan fingerprint density at radius 2 is 1.88 bits per heavy atom. The minimum absolute atomic E-state index is 0.0119. The first-order chi connectivity index (χ1) is 19.5. The highest BCUT2D eigenvalue weighted by atomic mass is 19.1. The van der Waals surface area contributed by atoms with E-state index in [1.165, 1.54) is 12.1 Å². The fraction of sp³-hybridized carbons (Fsp3) is 0.226. The van der Waals surface area contributed by atoms with Gasteiger partial charge >= 0.3 is 0 Å². The Morgan fingerprint density at radius 3 is 2.60 bits per heavy atom. The van der Waals surface area contributed by atoms with Gasteiger partial charge in [-0.15, -0.1) is 0 Å². The van der Waals surface area contributed by atoms with E-state index in [1.54, 1.807) is 25.4 Å². The molecule has 0 saturated carbocycles. The number of halogens is 1. The van der Waals surface area contributed by atoms with E-state index in [0.717, 1.165) is 41.0 Å². The van der Waals surface area contributed by atoms with Crippen LogP contribution in [-0.2, 0) is 11.3 Å². The van der Waals surface area contributed by atoms with Gasteiger partial charge in [0.05, 0.1) is 29.2 Å². The number of fused-ring (bicyclic) bond motifs is 1. The molecule has 3 aromatic heterocycles. The van der Waals surface area contributed by atoms with Gasteiger partial charge in [0.1, 0.15) is 11.5 Å². The molecule has 1 fully saturated rings. The Hall–Kier alpha value is -4.63. The zero-order valence-corrected chi connectivity index (χ0v) is 22.4. The quantitative estimate of drug-likeness (QED) is 0.288. The van der Waals surface area contributed by atoms with Crippen LogP contribution >= 0.6 is 0 Å². The van der Waals surface area contributed by atoms with Crippen LogP contribution in [0.15, 0.2) is 85.2 Å². The van der Waals surface area contributed by atoms with Crippen molar-refractivity contribution < 1.29 is 9.18 Å². The standard InChI is InChI=1S/C31H30FN7O/c1-20(22-6-4-3-5-7-22)35-31-34-15-12-25(36-31)29-28(23-8-10-24(32)11-9-23)37-27-18-21(13-17-39(27)29)19-38-16-14-26(38)30(40)33-2/h3-13,15,17-18,20,26H,14,16,19H2,1-2H3,(H,33,40)(H,34,35,36)/t20-,26-/m0/s1. The first-order valence-electron chi connectivity index (χ1n) is 13.4. The maximum Gasteiger partial charge on any atom is 0.237 e. The molecule has 202 valence electrons. The van der Waals surface area contributed by atoms with Crippen LogP contribution in [0, 0.1) is 5.82 Å². The summed E-state index contributed by atoms with van der Waals surface area (Å²) in [5.74, 6) is 0.243. The molecule has 0 radical (unpaired) electrons. The molecule has 40 heavy (non-hydrogen) atoms. The van der Waals surface area contributed by atoms with Gasteiger partial charge in [0.25, 0.3) is 0 Å². The number of nitrogens with one attached hydrogen (secondary N) is 2. The topological polar surface area (TPSA) is 87.5 Å². The third-order valence-electron chi connectivity index (χ3n) is 7.42. The molecular weight excluding hydrogens is 505 g/mol. The molecule has 2 N–H and O–H groups in total. The smallest absolute Gasteiger partial charge is 0.237 e. The van der Waals surface area contributed by atoms with Crippen molar-refractivity contribution in [2.24, 2.45) is 0 Å². The number of likely N-dealkylation sites (tertiary alicyclic amines) is 1. The van der Waals surface area contributed by atoms with E-state index >= 15 is 0 Å². The summed E-state index contributed by atoms with van der Waals surface area (Å²) in [5.41, 5.74) is 5.91. The zero-order chi connectivity index (χ0) is 27.6. The second kappa shape index (κ2) is 10.9. The van der Waals surface area contributed by atoms with Gasteiger partial charge in [-0.2, -0.15) is 0 Å². The number of amides is 1. The Labute approximate surface area is 231 Å². The fourth-order valence-electron chi connectivity index (χ4n) is 5.15. The maximum atomic E-state index is 13.8. The fourth-order valence-corrected chi connectivity index (χ4v) is 5.15. The van der Waals surface area contributed by atoms with Crippen LogP contribution in [0.3, 0.4) is 0 Å². The summed E-state index contributed by atoms with van der Waals surface area (Å²) in [6.07, 6.45) is 4.57. The summed E-state index contributed by atoms with van der Waals surface area (Å²) in [4.78, 5) is 28.6. The third-order valence-corrected chi connectivity index (χ3v) is 7.42. The molecule has 4 heterocycles. The summed E-state index contributed by atoms with van der Waals surface area (Å²) < 4.78 is 15.8. The molecular formula is C31H30FN7O. The molecule has 2 aromatic carbocycles. The van der Waals surface area contributed by atoms with Gasteiger partial charge in [-0.25, -0.2) is 19.3 Å². The van der Waals surface area contributed by atoms with E-state index in [-0.39, 0.29) is 23.8 Å². The number of anilines is 1. The van der Waals surface area contributed by atoms with Crippen molar-refractivity contribution in [1.82, 2.24) is 29.6 Å². The lowest BCUT2D eigenvalue weighted by Gasteiger charge is -2.39. The lowest BCUT2D eigenvalue weighted by atomic mass is 10.0. The Morgan fingerprint density at radius 1 is 1.07 bits per heavy atom. The second-order valence-corrected chi connectivity index (χ2v) is 10.0. The van der Waals surface area contributed by atoms with Crippen LogP contribution in [0.4, 0.5) is 10.3 Å². The SMILES string of the molecule is CNC(=O)[C@@H]1CCN1Cc1ccn2c(-c3ccnc(N[C@@H](C)c4ccccc4)n3)c(-c3ccc(F)cc3)nc2c1. The number of likely N-dealkylation sites (N-methyl/N-ethyl adjacent to an activating group) is 1. The number of carbonyl (C=O) groups is 1. The Balaban J connectivity index is 1.37. The zero-order valence-electron chi connectivity index (χ0n) is 22.4. The number of benzene rings is 2. The molecule has 6 rings (SSSR count). The first-order valence-corrected chi connectivity index (χ1v) is 13.4. The summed E-state index contributed by atoms with van der Waals surface area (Å²) in [6.45, 7) is 3.60. The summed E-state index contributed by atoms with van der Waals surface area (Å²) in [5, 5.41) is 6.15. The van der Waals surface area contributed by atoms with Crippen molar-refractivity contribution in [2.45, 2.75) is 32.0 Å². The van der Waals surface area contributed by atoms with Gasteiger partial charge < -0.3 is 10.6 Å². The van der Waals surface area contributed by atoms with Crippen molar-refractivity contribution in [2.75, 3.05) is 18.9 Å². The molecule has 1 saturated heterocycles. The molecule has 5 aromatic rings. The van der Waals surface area contributed by atoms with E-state index in [1.807, 2.05) is 47.0 Å². The van der Waals surface area contributed by atoms with Gasteiger partial charge in [-0.1, -0.05) is 30.3 Å². The molecule has 1 amide bonds. The first kappa shape index (κ1) is 25.6. The molecule has 2 atom stereocenters. The largest absolute Gasteiger partial charge is 0.358 e. The Bertz CT molecular complexity index is 1650. The second-order valence-electron chi connectivity index (χ2n) is 10.0. The molecule has 8 nitrogen and oxygen atoms in total. The molecule has 0 bridgehead atoms. The van der Waals surface area contributed by atoms with Gasteiger partial charge in [0.15, 0.2) is 0 Å². The van der Waals surface area contributed by atoms with E-state index in [9.17, 15) is 9.18 Å². The van der Waals surface area contributed by atoms with E-state index in [2.05, 4.69) is 39.6 Å². The van der Waals surface area contributed by atoms with Crippen LogP contribution in [0.1, 0.15) is 30.5 Å². The van der Waals surface area contributed by atoms with Gasteiger partial charge in [0, 0.05) is 38.1 Å². The van der Waals surface area contributed by atoms with Gasteiger partial charge in [0.2, 0.25) is 11.9 Å². The van der Waals surface area contributed by atoms with Crippen molar-refractivity contribution in [3.05, 3.63) is 102 Å². The highest BCUT2D eigenvalue weighted by Crippen LogP contribution is 2.33. The van der Waals surface area contributed by atoms with Crippen LogP contribution in [-0.4, -0.2) is 49.8 Å². The molecule has 1 aliphatic heterocycles. The molecule has 0 aliphatic carbocycles.